The standard InChI is InChI=1S/C18H13N7O2/c1-27-18(26)15-11(8-21-25-15)9-6-14(22-16(20)10(9)7-19)17-23-12-4-2-3-5-13(12)24-17/h2-6,8H,1H3,(H2,20,22)(H,21,25)(H,23,24). The summed E-state index contributed by atoms with van der Waals surface area (Å²) >= 11 is 0. The van der Waals surface area contributed by atoms with Crippen LogP contribution in [-0.4, -0.2) is 38.2 Å². The van der Waals surface area contributed by atoms with Gasteiger partial charge in [-0.05, 0) is 18.2 Å². The number of fused-ring (bicyclic) bond motifs is 1. The Bertz CT molecular complexity index is 1180. The number of aromatic nitrogens is 5. The lowest BCUT2D eigenvalue weighted by atomic mass is 10.0. The molecular weight excluding hydrogens is 346 g/mol. The fourth-order valence-electron chi connectivity index (χ4n) is 2.84. The van der Waals surface area contributed by atoms with Crippen LogP contribution in [0.3, 0.4) is 0 Å². The molecule has 0 saturated heterocycles. The first-order chi connectivity index (χ1) is 13.1. The number of methoxy groups -OCH3 is 1. The first kappa shape index (κ1) is 16.3. The van der Waals surface area contributed by atoms with Crippen LogP contribution < -0.4 is 5.73 Å². The van der Waals surface area contributed by atoms with Crippen molar-refractivity contribution in [1.82, 2.24) is 25.1 Å². The number of nitrogens with one attached hydrogen (secondary N) is 2. The molecule has 0 atom stereocenters. The van der Waals surface area contributed by atoms with E-state index in [-0.39, 0.29) is 17.1 Å². The highest BCUT2D eigenvalue weighted by Gasteiger charge is 2.22. The monoisotopic (exact) mass is 359 g/mol. The van der Waals surface area contributed by atoms with Gasteiger partial charge < -0.3 is 15.5 Å². The summed E-state index contributed by atoms with van der Waals surface area (Å²) in [6, 6.07) is 11.2. The average molecular weight is 359 g/mol. The molecule has 0 fully saturated rings. The first-order valence-corrected chi connectivity index (χ1v) is 7.90. The first-order valence-electron chi connectivity index (χ1n) is 7.90. The summed E-state index contributed by atoms with van der Waals surface area (Å²) in [7, 11) is 1.26. The van der Waals surface area contributed by atoms with Gasteiger partial charge in [0.25, 0.3) is 0 Å². The Labute approximate surface area is 152 Å². The third-order valence-corrected chi connectivity index (χ3v) is 4.11. The zero-order valence-electron chi connectivity index (χ0n) is 14.1. The minimum absolute atomic E-state index is 0.0301. The van der Waals surface area contributed by atoms with Gasteiger partial charge in [-0.25, -0.2) is 14.8 Å². The summed E-state index contributed by atoms with van der Waals surface area (Å²) in [6.07, 6.45) is 1.43. The largest absolute Gasteiger partial charge is 0.464 e. The van der Waals surface area contributed by atoms with E-state index in [9.17, 15) is 10.1 Å². The third-order valence-electron chi connectivity index (χ3n) is 4.11. The predicted octanol–water partition coefficient (Wildman–Crippen LogP) is 2.26. The van der Waals surface area contributed by atoms with Crippen molar-refractivity contribution < 1.29 is 9.53 Å². The van der Waals surface area contributed by atoms with E-state index in [2.05, 4.69) is 25.1 Å². The Kier molecular flexibility index (Phi) is 3.78. The van der Waals surface area contributed by atoms with Gasteiger partial charge in [0.05, 0.1) is 24.3 Å². The summed E-state index contributed by atoms with van der Waals surface area (Å²) in [6.45, 7) is 0. The second-order valence-corrected chi connectivity index (χ2v) is 5.68. The van der Waals surface area contributed by atoms with Crippen LogP contribution in [0.1, 0.15) is 16.1 Å². The Hall–Kier alpha value is -4.19. The zero-order chi connectivity index (χ0) is 19.0. The van der Waals surface area contributed by atoms with Gasteiger partial charge in [0.15, 0.2) is 11.5 Å². The number of para-hydroxylation sites is 2. The number of nitrogens with zero attached hydrogens (tertiary/aromatic N) is 4. The number of hydrogen-bond acceptors (Lipinski definition) is 7. The molecule has 27 heavy (non-hydrogen) atoms. The second kappa shape index (κ2) is 6.27. The van der Waals surface area contributed by atoms with Gasteiger partial charge >= 0.3 is 5.97 Å². The van der Waals surface area contributed by atoms with Crippen molar-refractivity contribution in [2.75, 3.05) is 12.8 Å². The number of imidazole rings is 1. The highest BCUT2D eigenvalue weighted by atomic mass is 16.5. The van der Waals surface area contributed by atoms with Crippen molar-refractivity contribution in [1.29, 1.82) is 5.26 Å². The minimum Gasteiger partial charge on any atom is -0.464 e. The van der Waals surface area contributed by atoms with Crippen LogP contribution in [0, 0.1) is 11.3 Å². The number of anilines is 1. The number of aromatic amines is 2. The fraction of sp³-hybridized carbons (Fsp3) is 0.0556. The van der Waals surface area contributed by atoms with Gasteiger partial charge in [0.1, 0.15) is 23.1 Å². The molecular formula is C18H13N7O2. The normalized spacial score (nSPS) is 10.7. The molecule has 132 valence electrons. The van der Waals surface area contributed by atoms with Gasteiger partial charge in [0.2, 0.25) is 0 Å². The van der Waals surface area contributed by atoms with Gasteiger partial charge in [-0.3, -0.25) is 5.10 Å². The molecule has 0 aliphatic heterocycles. The van der Waals surface area contributed by atoms with Crippen LogP contribution in [-0.2, 0) is 4.74 Å². The smallest absolute Gasteiger partial charge is 0.356 e. The lowest BCUT2D eigenvalue weighted by Crippen LogP contribution is -2.05. The molecule has 0 spiro atoms. The molecule has 1 aromatic carbocycles. The van der Waals surface area contributed by atoms with E-state index in [0.717, 1.165) is 11.0 Å². The molecule has 4 aromatic rings. The van der Waals surface area contributed by atoms with Crippen molar-refractivity contribution in [2.45, 2.75) is 0 Å². The lowest BCUT2D eigenvalue weighted by molar-refractivity contribution is 0.0595. The Morgan fingerprint density at radius 2 is 2.07 bits per heavy atom. The van der Waals surface area contributed by atoms with Crippen LogP contribution >= 0.6 is 0 Å². The zero-order valence-corrected chi connectivity index (χ0v) is 14.1. The Balaban J connectivity index is 1.94. The minimum atomic E-state index is -0.605. The molecule has 0 unspecified atom stereocenters. The lowest BCUT2D eigenvalue weighted by Gasteiger charge is -2.08. The van der Waals surface area contributed by atoms with Crippen LogP contribution in [0.25, 0.3) is 33.7 Å². The summed E-state index contributed by atoms with van der Waals surface area (Å²) in [5.74, 6) is -0.0775. The number of nitriles is 1. The van der Waals surface area contributed by atoms with Gasteiger partial charge in [0, 0.05) is 11.1 Å². The number of nitrogen functional groups attached to an aromatic ring is 1. The van der Waals surface area contributed by atoms with E-state index in [4.69, 9.17) is 10.5 Å². The highest BCUT2D eigenvalue weighted by Crippen LogP contribution is 2.32. The number of esters is 1. The summed E-state index contributed by atoms with van der Waals surface area (Å²) in [4.78, 5) is 23.9. The SMILES string of the molecule is COC(=O)c1[nH]ncc1-c1cc(-c2nc3ccccc3[nH]2)nc(N)c1C#N. The molecule has 4 rings (SSSR count). The molecule has 9 nitrogen and oxygen atoms in total. The van der Waals surface area contributed by atoms with E-state index >= 15 is 0 Å². The molecule has 3 aromatic heterocycles. The number of benzene rings is 1. The second-order valence-electron chi connectivity index (χ2n) is 5.68. The van der Waals surface area contributed by atoms with Crippen molar-refractivity contribution >= 4 is 22.8 Å². The van der Waals surface area contributed by atoms with Crippen LogP contribution in [0.5, 0.6) is 0 Å². The number of carbonyl (C=O) groups excluding carboxylic acids is 1. The molecule has 0 radical (unpaired) electrons. The predicted molar refractivity (Wildman–Crippen MR) is 97.4 cm³/mol. The quantitative estimate of drug-likeness (QED) is 0.475. The summed E-state index contributed by atoms with van der Waals surface area (Å²) in [5.41, 5.74) is 9.13. The maximum Gasteiger partial charge on any atom is 0.356 e. The van der Waals surface area contributed by atoms with E-state index in [1.807, 2.05) is 30.3 Å². The maximum absolute atomic E-state index is 12.0. The molecule has 4 N–H and O–H groups in total. The number of hydrogen-bond donors (Lipinski definition) is 3. The maximum atomic E-state index is 12.0. The average Bonchev–Trinajstić information content (AvgIpc) is 3.33. The summed E-state index contributed by atoms with van der Waals surface area (Å²) < 4.78 is 4.76. The van der Waals surface area contributed by atoms with E-state index in [0.29, 0.717) is 22.6 Å². The van der Waals surface area contributed by atoms with Gasteiger partial charge in [-0.2, -0.15) is 10.4 Å². The fourth-order valence-corrected chi connectivity index (χ4v) is 2.84. The van der Waals surface area contributed by atoms with Crippen LogP contribution in [0.2, 0.25) is 0 Å². The van der Waals surface area contributed by atoms with Crippen LogP contribution in [0.4, 0.5) is 5.82 Å². The molecule has 0 amide bonds. The molecule has 3 heterocycles. The number of pyridine rings is 1. The number of nitrogens with two attached hydrogens (primary N) is 1. The highest BCUT2D eigenvalue weighted by molar-refractivity contribution is 5.97. The molecule has 0 aliphatic carbocycles. The Morgan fingerprint density at radius 3 is 2.81 bits per heavy atom. The number of carbonyl (C=O) groups is 1. The number of rotatable bonds is 3. The third kappa shape index (κ3) is 2.65. The topological polar surface area (TPSA) is 146 Å². The molecule has 0 saturated carbocycles. The van der Waals surface area contributed by atoms with E-state index in [1.54, 1.807) is 6.07 Å². The van der Waals surface area contributed by atoms with Crippen molar-refractivity contribution in [3.8, 4) is 28.7 Å². The summed E-state index contributed by atoms with van der Waals surface area (Å²) in [5, 5.41) is 16.0. The van der Waals surface area contributed by atoms with E-state index in [1.165, 1.54) is 13.3 Å². The van der Waals surface area contributed by atoms with Gasteiger partial charge in [-0.1, -0.05) is 12.1 Å². The Morgan fingerprint density at radius 1 is 1.26 bits per heavy atom. The van der Waals surface area contributed by atoms with Gasteiger partial charge in [-0.15, -0.1) is 0 Å². The van der Waals surface area contributed by atoms with E-state index < -0.39 is 5.97 Å². The number of ether oxygens (including phenoxy) is 1. The van der Waals surface area contributed by atoms with Crippen LogP contribution in [0.15, 0.2) is 36.5 Å². The van der Waals surface area contributed by atoms with Crippen molar-refractivity contribution in [3.05, 3.63) is 47.8 Å². The molecule has 0 bridgehead atoms. The molecule has 9 heteroatoms. The number of H-pyrrole nitrogens is 2. The molecule has 0 aliphatic rings. The van der Waals surface area contributed by atoms with Crippen molar-refractivity contribution in [3.63, 3.8) is 0 Å². The van der Waals surface area contributed by atoms with Crippen molar-refractivity contribution in [2.24, 2.45) is 0 Å².